The summed E-state index contributed by atoms with van der Waals surface area (Å²) in [5, 5.41) is 0. The summed E-state index contributed by atoms with van der Waals surface area (Å²) in [7, 11) is -3.38. The van der Waals surface area contributed by atoms with Crippen molar-refractivity contribution in [2.24, 2.45) is 5.92 Å². The molecule has 1 fully saturated rings. The van der Waals surface area contributed by atoms with E-state index in [0.717, 1.165) is 7.05 Å². The van der Waals surface area contributed by atoms with Crippen LogP contribution in [0.15, 0.2) is 0 Å². The minimum atomic E-state index is -4.50. The van der Waals surface area contributed by atoms with Gasteiger partial charge in [-0.05, 0) is 18.8 Å². The number of alkyl halides is 2. The third-order valence-corrected chi connectivity index (χ3v) is 3.55. The van der Waals surface area contributed by atoms with Gasteiger partial charge in [0.1, 0.15) is 0 Å². The maximum absolute atomic E-state index is 13.0. The Balaban J connectivity index is 0.00000225. The quantitative estimate of drug-likeness (QED) is 0.438. The summed E-state index contributed by atoms with van der Waals surface area (Å²) in [6.07, 6.45) is 0.462. The van der Waals surface area contributed by atoms with Gasteiger partial charge in [-0.15, -0.1) is 0 Å². The minimum Gasteiger partial charge on any atom is -0.735 e. The predicted molar refractivity (Wildman–Crippen MR) is 49.2 cm³/mol. The molecule has 1 aliphatic rings. The standard InChI is InChI=1S/C8H15F2NO3S.Li/c1-11(15(12,13)14)6-7-3-2-4-8(9,10)5-7;/h7H,2-6H2,1H3,(H,12,13,14);/q;+1/p-1. The van der Waals surface area contributed by atoms with Crippen LogP contribution >= 0.6 is 0 Å². The van der Waals surface area contributed by atoms with Gasteiger partial charge in [-0.2, -0.15) is 0 Å². The summed E-state index contributed by atoms with van der Waals surface area (Å²) in [6.45, 7) is -0.110. The van der Waals surface area contributed by atoms with E-state index in [1.807, 2.05) is 0 Å². The second kappa shape index (κ2) is 5.78. The van der Waals surface area contributed by atoms with Crippen molar-refractivity contribution >= 4 is 10.3 Å². The molecule has 1 unspecified atom stereocenters. The van der Waals surface area contributed by atoms with Crippen LogP contribution in [0.25, 0.3) is 0 Å². The van der Waals surface area contributed by atoms with Crippen LogP contribution < -0.4 is 18.9 Å². The molecule has 0 N–H and O–H groups in total. The SMILES string of the molecule is CN(CC1CCCC(F)(F)C1)S(=O)(=O)[O-].[Li+]. The molecule has 0 aromatic heterocycles. The predicted octanol–water partition coefficient (Wildman–Crippen LogP) is -1.79. The molecule has 1 atom stereocenters. The molecule has 0 aromatic rings. The molecule has 0 aromatic carbocycles. The first-order chi connectivity index (χ1) is 6.71. The fraction of sp³-hybridized carbons (Fsp3) is 1.00. The van der Waals surface area contributed by atoms with Crippen LogP contribution in [0.1, 0.15) is 25.7 Å². The van der Waals surface area contributed by atoms with Crippen LogP contribution in [0.2, 0.25) is 0 Å². The first kappa shape index (κ1) is 16.3. The van der Waals surface area contributed by atoms with Crippen LogP contribution in [-0.2, 0) is 10.3 Å². The van der Waals surface area contributed by atoms with E-state index >= 15 is 0 Å². The third-order valence-electron chi connectivity index (χ3n) is 2.64. The van der Waals surface area contributed by atoms with Gasteiger partial charge >= 0.3 is 18.9 Å². The zero-order valence-corrected chi connectivity index (χ0v) is 10.3. The van der Waals surface area contributed by atoms with Crippen molar-refractivity contribution in [2.45, 2.75) is 31.6 Å². The van der Waals surface area contributed by atoms with Crippen LogP contribution in [0, 0.1) is 5.92 Å². The van der Waals surface area contributed by atoms with Crippen molar-refractivity contribution in [2.75, 3.05) is 13.6 Å². The maximum Gasteiger partial charge on any atom is 1.00 e. The number of halogens is 2. The molecular weight excluding hydrogens is 235 g/mol. The molecule has 0 amide bonds. The van der Waals surface area contributed by atoms with E-state index in [0.29, 0.717) is 17.1 Å². The van der Waals surface area contributed by atoms with Gasteiger partial charge in [0.2, 0.25) is 5.92 Å². The molecule has 0 spiro atoms. The fourth-order valence-corrected chi connectivity index (χ4v) is 2.28. The molecule has 0 heterocycles. The Morgan fingerprint density at radius 3 is 2.50 bits per heavy atom. The van der Waals surface area contributed by atoms with Crippen LogP contribution in [-0.4, -0.2) is 36.8 Å². The molecule has 90 valence electrons. The summed E-state index contributed by atoms with van der Waals surface area (Å²) in [4.78, 5) is 0. The average Bonchev–Trinajstić information content (AvgIpc) is 2.00. The van der Waals surface area contributed by atoms with Gasteiger partial charge < -0.3 is 4.55 Å². The van der Waals surface area contributed by atoms with Crippen molar-refractivity contribution in [1.82, 2.24) is 4.31 Å². The summed E-state index contributed by atoms with van der Waals surface area (Å²) >= 11 is 0. The van der Waals surface area contributed by atoms with Gasteiger partial charge in [0.25, 0.3) is 0 Å². The zero-order chi connectivity index (χ0) is 11.7. The van der Waals surface area contributed by atoms with E-state index in [1.54, 1.807) is 0 Å². The Morgan fingerprint density at radius 1 is 1.50 bits per heavy atom. The van der Waals surface area contributed by atoms with E-state index in [1.165, 1.54) is 0 Å². The maximum atomic E-state index is 13.0. The normalized spacial score (nSPS) is 25.2. The Hall–Kier alpha value is 0.327. The van der Waals surface area contributed by atoms with E-state index in [2.05, 4.69) is 0 Å². The molecule has 0 bridgehead atoms. The van der Waals surface area contributed by atoms with Crippen molar-refractivity contribution in [3.8, 4) is 0 Å². The summed E-state index contributed by atoms with van der Waals surface area (Å²) < 4.78 is 58.2. The topological polar surface area (TPSA) is 60.4 Å². The van der Waals surface area contributed by atoms with Crippen LogP contribution in [0.4, 0.5) is 8.78 Å². The number of hydrogen-bond acceptors (Lipinski definition) is 3. The molecule has 1 saturated carbocycles. The fourth-order valence-electron chi connectivity index (χ4n) is 1.89. The van der Waals surface area contributed by atoms with Crippen LogP contribution in [0.3, 0.4) is 0 Å². The van der Waals surface area contributed by atoms with Gasteiger partial charge in [0.05, 0.1) is 0 Å². The Bertz CT molecular complexity index is 323. The molecule has 16 heavy (non-hydrogen) atoms. The summed E-state index contributed by atoms with van der Waals surface area (Å²) in [6, 6.07) is 0. The molecule has 0 saturated heterocycles. The first-order valence-corrected chi connectivity index (χ1v) is 6.12. The first-order valence-electron chi connectivity index (χ1n) is 4.76. The van der Waals surface area contributed by atoms with Gasteiger partial charge in [-0.1, -0.05) is 0 Å². The zero-order valence-electron chi connectivity index (χ0n) is 9.45. The molecule has 1 aliphatic carbocycles. The Kier molecular flexibility index (Phi) is 5.90. The number of hydrogen-bond donors (Lipinski definition) is 0. The molecule has 1 rings (SSSR count). The van der Waals surface area contributed by atoms with Gasteiger partial charge in [0.15, 0.2) is 10.3 Å². The molecular formula is C8H14F2LiNO3S. The molecule has 0 aliphatic heterocycles. The second-order valence-corrected chi connectivity index (χ2v) is 5.54. The van der Waals surface area contributed by atoms with Crippen molar-refractivity contribution in [3.63, 3.8) is 0 Å². The third kappa shape index (κ3) is 5.10. The van der Waals surface area contributed by atoms with Crippen molar-refractivity contribution in [3.05, 3.63) is 0 Å². The average molecular weight is 249 g/mol. The van der Waals surface area contributed by atoms with Gasteiger partial charge in [0, 0.05) is 26.4 Å². The van der Waals surface area contributed by atoms with E-state index < -0.39 is 22.1 Å². The smallest absolute Gasteiger partial charge is 0.735 e. The van der Waals surface area contributed by atoms with Crippen molar-refractivity contribution < 1.29 is 40.6 Å². The van der Waals surface area contributed by atoms with Crippen LogP contribution in [0.5, 0.6) is 0 Å². The molecule has 4 nitrogen and oxygen atoms in total. The van der Waals surface area contributed by atoms with E-state index in [4.69, 9.17) is 0 Å². The molecule has 8 heteroatoms. The van der Waals surface area contributed by atoms with Gasteiger partial charge in [-0.25, -0.2) is 21.5 Å². The largest absolute Gasteiger partial charge is 1.00 e. The van der Waals surface area contributed by atoms with E-state index in [-0.39, 0.29) is 38.2 Å². The monoisotopic (exact) mass is 249 g/mol. The Labute approximate surface area is 106 Å². The summed E-state index contributed by atoms with van der Waals surface area (Å²) in [5.41, 5.74) is 0. The second-order valence-electron chi connectivity index (χ2n) is 4.06. The van der Waals surface area contributed by atoms with Gasteiger partial charge in [-0.3, -0.25) is 0 Å². The van der Waals surface area contributed by atoms with Crippen molar-refractivity contribution in [1.29, 1.82) is 0 Å². The number of rotatable bonds is 3. The Morgan fingerprint density at radius 2 is 2.06 bits per heavy atom. The summed E-state index contributed by atoms with van der Waals surface area (Å²) in [5.74, 6) is -3.13. The minimum absolute atomic E-state index is 0. The number of nitrogens with zero attached hydrogens (tertiary/aromatic N) is 1. The molecule has 0 radical (unpaired) electrons. The van der Waals surface area contributed by atoms with E-state index in [9.17, 15) is 21.8 Å².